The average Bonchev–Trinajstić information content (AvgIpc) is 2.63. The zero-order chi connectivity index (χ0) is 11.4. The molecule has 1 atom stereocenters. The highest BCUT2D eigenvalue weighted by Crippen LogP contribution is 2.39. The van der Waals surface area contributed by atoms with Crippen molar-refractivity contribution in [3.8, 4) is 0 Å². The molecule has 1 unspecified atom stereocenters. The lowest BCUT2D eigenvalue weighted by atomic mass is 9.88. The minimum Gasteiger partial charge on any atom is -0.144 e. The summed E-state index contributed by atoms with van der Waals surface area (Å²) in [6.45, 7) is 2.16. The summed E-state index contributed by atoms with van der Waals surface area (Å²) in [4.78, 5) is 2.76. The second-order valence-electron chi connectivity index (χ2n) is 4.96. The van der Waals surface area contributed by atoms with Crippen LogP contribution in [-0.2, 0) is 0 Å². The van der Waals surface area contributed by atoms with Crippen LogP contribution < -0.4 is 0 Å². The van der Waals surface area contributed by atoms with E-state index in [1.54, 1.807) is 0 Å². The molecule has 90 valence electrons. The largest absolute Gasteiger partial charge is 0.144 e. The molecule has 0 nitrogen and oxygen atoms in total. The van der Waals surface area contributed by atoms with Gasteiger partial charge in [0.25, 0.3) is 0 Å². The molecule has 1 saturated carbocycles. The molecule has 0 amide bonds. The van der Waals surface area contributed by atoms with Crippen molar-refractivity contribution < 1.29 is 0 Å². The van der Waals surface area contributed by atoms with Crippen molar-refractivity contribution in [2.45, 2.75) is 57.2 Å². The monoisotopic (exact) mass is 256 g/mol. The lowest BCUT2D eigenvalue weighted by molar-refractivity contribution is 0.370. The van der Waals surface area contributed by atoms with Gasteiger partial charge in [-0.2, -0.15) is 0 Å². The van der Waals surface area contributed by atoms with Crippen molar-refractivity contribution >= 4 is 22.9 Å². The van der Waals surface area contributed by atoms with Crippen LogP contribution in [0.4, 0.5) is 0 Å². The van der Waals surface area contributed by atoms with Gasteiger partial charge in [0.2, 0.25) is 0 Å². The fourth-order valence-corrected chi connectivity index (χ4v) is 4.02. The number of rotatable bonds is 2. The fraction of sp³-hybridized carbons (Fsp3) is 0.714. The van der Waals surface area contributed by atoms with Crippen LogP contribution in [0.5, 0.6) is 0 Å². The third kappa shape index (κ3) is 3.24. The molecule has 1 heterocycles. The molecular weight excluding hydrogens is 236 g/mol. The van der Waals surface area contributed by atoms with Crippen molar-refractivity contribution in [1.82, 2.24) is 0 Å². The van der Waals surface area contributed by atoms with Crippen LogP contribution in [0.2, 0.25) is 0 Å². The Morgan fingerprint density at radius 1 is 1.12 bits per heavy atom. The molecule has 0 N–H and O–H groups in total. The predicted octanol–water partition coefficient (Wildman–Crippen LogP) is 5.70. The molecule has 2 heteroatoms. The smallest absolute Gasteiger partial charge is 0.0706 e. The Morgan fingerprint density at radius 2 is 1.75 bits per heavy atom. The molecule has 2 rings (SSSR count). The number of thiophene rings is 1. The Morgan fingerprint density at radius 3 is 2.31 bits per heavy atom. The molecule has 0 saturated heterocycles. The first-order chi connectivity index (χ1) is 7.77. The number of aryl methyl sites for hydroxylation is 1. The molecule has 0 radical (unpaired) electrons. The highest BCUT2D eigenvalue weighted by atomic mass is 35.5. The highest BCUT2D eigenvalue weighted by molar-refractivity contribution is 7.12. The van der Waals surface area contributed by atoms with E-state index in [0.717, 1.165) is 0 Å². The maximum absolute atomic E-state index is 6.63. The number of hydrogen-bond acceptors (Lipinski definition) is 1. The minimum absolute atomic E-state index is 0.261. The highest BCUT2D eigenvalue weighted by Gasteiger charge is 2.22. The first-order valence-electron chi connectivity index (χ1n) is 6.48. The number of halogens is 1. The van der Waals surface area contributed by atoms with Gasteiger partial charge in [-0.3, -0.25) is 0 Å². The molecule has 1 aromatic heterocycles. The summed E-state index contributed by atoms with van der Waals surface area (Å²) in [7, 11) is 0. The minimum atomic E-state index is 0.261. The molecule has 1 fully saturated rings. The Bertz CT molecular complexity index is 310. The lowest BCUT2D eigenvalue weighted by Gasteiger charge is -2.23. The van der Waals surface area contributed by atoms with Crippen molar-refractivity contribution in [3.05, 3.63) is 21.9 Å². The quantitative estimate of drug-likeness (QED) is 0.596. The normalized spacial score (nSPS) is 21.4. The van der Waals surface area contributed by atoms with E-state index in [1.165, 1.54) is 54.7 Å². The summed E-state index contributed by atoms with van der Waals surface area (Å²) < 4.78 is 0. The van der Waals surface area contributed by atoms with Crippen molar-refractivity contribution in [2.24, 2.45) is 5.92 Å². The Balaban J connectivity index is 1.98. The lowest BCUT2D eigenvalue weighted by Crippen LogP contribution is -2.09. The maximum atomic E-state index is 6.63. The molecule has 1 aliphatic carbocycles. The predicted molar refractivity (Wildman–Crippen MR) is 73.5 cm³/mol. The second kappa shape index (κ2) is 6.07. The Kier molecular flexibility index (Phi) is 4.72. The molecule has 16 heavy (non-hydrogen) atoms. The third-order valence-corrected chi connectivity index (χ3v) is 5.40. The summed E-state index contributed by atoms with van der Waals surface area (Å²) in [5, 5.41) is 0.261. The average molecular weight is 257 g/mol. The summed E-state index contributed by atoms with van der Waals surface area (Å²) >= 11 is 8.50. The van der Waals surface area contributed by atoms with E-state index in [-0.39, 0.29) is 5.38 Å². The third-order valence-electron chi connectivity index (χ3n) is 3.60. The van der Waals surface area contributed by atoms with Gasteiger partial charge in [0.05, 0.1) is 5.38 Å². The standard InChI is InChI=1S/C14H21ClS/c1-11-9-10-13(16-11)14(15)12-7-5-3-2-4-6-8-12/h9-10,12,14H,2-8H2,1H3. The van der Waals surface area contributed by atoms with Gasteiger partial charge in [-0.15, -0.1) is 22.9 Å². The Labute approximate surface area is 108 Å². The molecule has 0 aromatic carbocycles. The van der Waals surface area contributed by atoms with E-state index in [2.05, 4.69) is 19.1 Å². The van der Waals surface area contributed by atoms with Gasteiger partial charge in [0, 0.05) is 9.75 Å². The number of hydrogen-bond donors (Lipinski definition) is 0. The molecule has 1 aromatic rings. The van der Waals surface area contributed by atoms with Crippen molar-refractivity contribution in [1.29, 1.82) is 0 Å². The summed E-state index contributed by atoms with van der Waals surface area (Å²) in [6.07, 6.45) is 9.64. The zero-order valence-corrected chi connectivity index (χ0v) is 11.6. The van der Waals surface area contributed by atoms with Crippen LogP contribution in [0.1, 0.15) is 60.1 Å². The zero-order valence-electron chi connectivity index (χ0n) is 10.0. The topological polar surface area (TPSA) is 0 Å². The maximum Gasteiger partial charge on any atom is 0.0706 e. The van der Waals surface area contributed by atoms with Gasteiger partial charge in [-0.1, -0.05) is 32.1 Å². The van der Waals surface area contributed by atoms with Gasteiger partial charge < -0.3 is 0 Å². The van der Waals surface area contributed by atoms with Crippen LogP contribution in [-0.4, -0.2) is 0 Å². The van der Waals surface area contributed by atoms with Crippen molar-refractivity contribution in [3.63, 3.8) is 0 Å². The molecular formula is C14H21ClS. The van der Waals surface area contributed by atoms with E-state index < -0.39 is 0 Å². The van der Waals surface area contributed by atoms with E-state index >= 15 is 0 Å². The van der Waals surface area contributed by atoms with E-state index in [0.29, 0.717) is 5.92 Å². The van der Waals surface area contributed by atoms with E-state index in [1.807, 2.05) is 11.3 Å². The van der Waals surface area contributed by atoms with Gasteiger partial charge in [0.15, 0.2) is 0 Å². The summed E-state index contributed by atoms with van der Waals surface area (Å²) in [5.41, 5.74) is 0. The van der Waals surface area contributed by atoms with Gasteiger partial charge in [0.1, 0.15) is 0 Å². The van der Waals surface area contributed by atoms with Gasteiger partial charge in [-0.25, -0.2) is 0 Å². The van der Waals surface area contributed by atoms with Gasteiger partial charge in [-0.05, 0) is 37.8 Å². The Hall–Kier alpha value is -0.0100. The fourth-order valence-electron chi connectivity index (χ4n) is 2.61. The summed E-state index contributed by atoms with van der Waals surface area (Å²) in [6, 6.07) is 4.41. The first kappa shape index (κ1) is 12.4. The molecule has 0 bridgehead atoms. The second-order valence-corrected chi connectivity index (χ2v) is 6.75. The summed E-state index contributed by atoms with van der Waals surface area (Å²) in [5.74, 6) is 0.708. The van der Waals surface area contributed by atoms with Crippen molar-refractivity contribution in [2.75, 3.05) is 0 Å². The van der Waals surface area contributed by atoms with Crippen LogP contribution in [0.3, 0.4) is 0 Å². The SMILES string of the molecule is Cc1ccc(C(Cl)C2CCCCCCC2)s1. The van der Waals surface area contributed by atoms with Crippen LogP contribution in [0, 0.1) is 12.8 Å². The van der Waals surface area contributed by atoms with Crippen LogP contribution in [0.25, 0.3) is 0 Å². The van der Waals surface area contributed by atoms with E-state index in [4.69, 9.17) is 11.6 Å². The van der Waals surface area contributed by atoms with E-state index in [9.17, 15) is 0 Å². The van der Waals surface area contributed by atoms with Crippen LogP contribution in [0.15, 0.2) is 12.1 Å². The molecule has 0 aliphatic heterocycles. The van der Waals surface area contributed by atoms with Gasteiger partial charge >= 0.3 is 0 Å². The molecule has 0 spiro atoms. The van der Waals surface area contributed by atoms with Crippen LogP contribution >= 0.6 is 22.9 Å². The number of alkyl halides is 1. The first-order valence-corrected chi connectivity index (χ1v) is 7.73. The molecule has 1 aliphatic rings.